The van der Waals surface area contributed by atoms with E-state index in [1.54, 1.807) is 0 Å². The van der Waals surface area contributed by atoms with Crippen molar-refractivity contribution in [1.82, 2.24) is 14.5 Å². The Morgan fingerprint density at radius 2 is 0.841 bits per heavy atom. The van der Waals surface area contributed by atoms with Gasteiger partial charge in [-0.05, 0) is 87.0 Å². The number of nitrogens with zero attached hydrogens (tertiary/aromatic N) is 3. The van der Waals surface area contributed by atoms with Crippen molar-refractivity contribution >= 4 is 33.6 Å². The fourth-order valence-corrected chi connectivity index (χ4v) is 11.6. The first-order chi connectivity index (χ1) is 31.2. The molecule has 2 aromatic heterocycles. The predicted octanol–water partition coefficient (Wildman–Crippen LogP) is 15.1. The molecule has 0 unspecified atom stereocenters. The lowest BCUT2D eigenvalue weighted by Gasteiger charge is -2.40. The molecule has 0 saturated heterocycles. The van der Waals surface area contributed by atoms with Crippen molar-refractivity contribution in [2.24, 2.45) is 0 Å². The summed E-state index contributed by atoms with van der Waals surface area (Å²) in [5, 5.41) is 2.53. The van der Waals surface area contributed by atoms with Gasteiger partial charge < -0.3 is 4.57 Å². The normalized spacial score (nSPS) is 13.1. The molecule has 4 heteroatoms. The minimum Gasteiger partial charge on any atom is -0.309 e. The molecule has 0 bridgehead atoms. The summed E-state index contributed by atoms with van der Waals surface area (Å²) in [6.07, 6.45) is 0. The van der Waals surface area contributed by atoms with Crippen LogP contribution in [0.1, 0.15) is 22.3 Å². The lowest BCUT2D eigenvalue weighted by atomic mass is 9.66. The second-order valence-electron chi connectivity index (χ2n) is 16.4. The van der Waals surface area contributed by atoms with Crippen molar-refractivity contribution in [3.63, 3.8) is 0 Å². The van der Waals surface area contributed by atoms with E-state index in [2.05, 4.69) is 229 Å². The van der Waals surface area contributed by atoms with Crippen LogP contribution in [0.25, 0.3) is 83.6 Å². The Kier molecular flexibility index (Phi) is 8.06. The van der Waals surface area contributed by atoms with Crippen LogP contribution in [-0.4, -0.2) is 14.5 Å². The van der Waals surface area contributed by atoms with Crippen molar-refractivity contribution < 1.29 is 0 Å². The molecule has 0 amide bonds. The molecule has 0 fully saturated rings. The molecule has 2 aliphatic rings. The van der Waals surface area contributed by atoms with E-state index in [-0.39, 0.29) is 0 Å². The van der Waals surface area contributed by atoms with Gasteiger partial charge in [0.25, 0.3) is 0 Å². The molecule has 3 heterocycles. The second kappa shape index (κ2) is 14.1. The molecule has 11 aromatic rings. The maximum Gasteiger partial charge on any atom is 0.160 e. The summed E-state index contributed by atoms with van der Waals surface area (Å²) in [5.74, 6) is 0.716. The fourth-order valence-electron chi connectivity index (χ4n) is 10.4. The standard InChI is InChI=1S/C59H37N3S/c1-2-15-40(16-3-1)51-37-52(41-31-29-38(30-32-41)39-33-35-42(36-34-39)62-53-25-10-5-18-44(53)45-19-6-11-26-54(45)62)61-58(60-51)47-21-14-20-46-43-17-4-7-22-48(43)59(57(46)47)49-23-8-12-27-55(49)63-56-28-13-9-24-50(56)59/h1-37H. The zero-order valence-corrected chi connectivity index (χ0v) is 34.9. The van der Waals surface area contributed by atoms with Crippen molar-refractivity contribution in [1.29, 1.82) is 0 Å². The number of hydrogen-bond donors (Lipinski definition) is 0. The maximum absolute atomic E-state index is 5.50. The topological polar surface area (TPSA) is 30.7 Å². The fraction of sp³-hybridized carbons (Fsp3) is 0.0169. The summed E-state index contributed by atoms with van der Waals surface area (Å²) in [5.41, 5.74) is 17.8. The van der Waals surface area contributed by atoms with E-state index in [0.29, 0.717) is 5.82 Å². The van der Waals surface area contributed by atoms with Gasteiger partial charge in [-0.25, -0.2) is 9.97 Å². The summed E-state index contributed by atoms with van der Waals surface area (Å²) in [6.45, 7) is 0. The molecule has 1 aliphatic carbocycles. The second-order valence-corrected chi connectivity index (χ2v) is 17.5. The molecule has 0 atom stereocenters. The molecule has 9 aromatic carbocycles. The molecular weight excluding hydrogens is 783 g/mol. The molecular formula is C59H37N3S. The Bertz CT molecular complexity index is 3490. The zero-order valence-electron chi connectivity index (χ0n) is 34.1. The van der Waals surface area contributed by atoms with Crippen LogP contribution in [0.5, 0.6) is 0 Å². The van der Waals surface area contributed by atoms with Crippen LogP contribution in [0.2, 0.25) is 0 Å². The highest BCUT2D eigenvalue weighted by Crippen LogP contribution is 2.63. The molecule has 0 N–H and O–H groups in total. The van der Waals surface area contributed by atoms with Gasteiger partial charge in [-0.2, -0.15) is 0 Å². The Morgan fingerprint density at radius 3 is 1.49 bits per heavy atom. The van der Waals surface area contributed by atoms with Crippen molar-refractivity contribution in [3.05, 3.63) is 247 Å². The molecule has 63 heavy (non-hydrogen) atoms. The minimum atomic E-state index is -0.550. The molecule has 13 rings (SSSR count). The summed E-state index contributed by atoms with van der Waals surface area (Å²) < 4.78 is 2.36. The first kappa shape index (κ1) is 35.9. The largest absolute Gasteiger partial charge is 0.309 e. The van der Waals surface area contributed by atoms with E-state index in [4.69, 9.17) is 9.97 Å². The lowest BCUT2D eigenvalue weighted by molar-refractivity contribution is 0.723. The lowest BCUT2D eigenvalue weighted by Crippen LogP contribution is -2.32. The quantitative estimate of drug-likeness (QED) is 0.173. The van der Waals surface area contributed by atoms with Crippen LogP contribution in [-0.2, 0) is 5.41 Å². The van der Waals surface area contributed by atoms with E-state index >= 15 is 0 Å². The van der Waals surface area contributed by atoms with Crippen LogP contribution < -0.4 is 0 Å². The van der Waals surface area contributed by atoms with E-state index in [1.807, 2.05) is 11.8 Å². The Balaban J connectivity index is 0.950. The maximum atomic E-state index is 5.50. The number of hydrogen-bond acceptors (Lipinski definition) is 3. The third-order valence-electron chi connectivity index (χ3n) is 13.1. The van der Waals surface area contributed by atoms with Gasteiger partial charge in [0.1, 0.15) is 0 Å². The molecule has 0 radical (unpaired) electrons. The average molecular weight is 820 g/mol. The third kappa shape index (κ3) is 5.41. The number of aromatic nitrogens is 3. The van der Waals surface area contributed by atoms with E-state index in [9.17, 15) is 0 Å². The van der Waals surface area contributed by atoms with Crippen molar-refractivity contribution in [2.75, 3.05) is 0 Å². The van der Waals surface area contributed by atoms with E-state index in [0.717, 1.165) is 44.9 Å². The van der Waals surface area contributed by atoms with Gasteiger partial charge in [0.15, 0.2) is 5.82 Å². The monoisotopic (exact) mass is 819 g/mol. The van der Waals surface area contributed by atoms with Crippen molar-refractivity contribution in [3.8, 4) is 61.8 Å². The number of benzene rings is 9. The highest BCUT2D eigenvalue weighted by molar-refractivity contribution is 7.99. The first-order valence-electron chi connectivity index (χ1n) is 21.5. The average Bonchev–Trinajstić information content (AvgIpc) is 3.85. The number of rotatable bonds is 5. The van der Waals surface area contributed by atoms with E-state index < -0.39 is 5.41 Å². The third-order valence-corrected chi connectivity index (χ3v) is 14.3. The first-order valence-corrected chi connectivity index (χ1v) is 22.3. The smallest absolute Gasteiger partial charge is 0.160 e. The van der Waals surface area contributed by atoms with Gasteiger partial charge >= 0.3 is 0 Å². The van der Waals surface area contributed by atoms with Gasteiger partial charge in [0.2, 0.25) is 0 Å². The molecule has 3 nitrogen and oxygen atoms in total. The highest BCUT2D eigenvalue weighted by atomic mass is 32.2. The highest BCUT2D eigenvalue weighted by Gasteiger charge is 2.51. The SMILES string of the molecule is c1ccc(-c2cc(-c3ccc(-c4ccc(-n5c6ccccc6c6ccccc65)cc4)cc3)nc(-c3cccc4c3C3(c5ccccc5Sc5ccccc53)c3ccccc3-4)n2)cc1. The molecule has 1 spiro atoms. The Morgan fingerprint density at radius 1 is 0.365 bits per heavy atom. The molecule has 294 valence electrons. The van der Waals surface area contributed by atoms with Gasteiger partial charge in [0.05, 0.1) is 27.8 Å². The van der Waals surface area contributed by atoms with Gasteiger partial charge in [0, 0.05) is 42.9 Å². The predicted molar refractivity (Wildman–Crippen MR) is 260 cm³/mol. The van der Waals surface area contributed by atoms with Crippen LogP contribution in [0.15, 0.2) is 234 Å². The number of para-hydroxylation sites is 2. The summed E-state index contributed by atoms with van der Waals surface area (Å²) >= 11 is 1.86. The van der Waals surface area contributed by atoms with Crippen molar-refractivity contribution in [2.45, 2.75) is 15.2 Å². The van der Waals surface area contributed by atoms with Crippen LogP contribution in [0, 0.1) is 0 Å². The van der Waals surface area contributed by atoms with Gasteiger partial charge in [-0.3, -0.25) is 0 Å². The zero-order chi connectivity index (χ0) is 41.5. The summed E-state index contributed by atoms with van der Waals surface area (Å²) in [7, 11) is 0. The Labute approximate surface area is 370 Å². The molecule has 0 saturated carbocycles. The summed E-state index contributed by atoms with van der Waals surface area (Å²) in [4.78, 5) is 13.5. The summed E-state index contributed by atoms with van der Waals surface area (Å²) in [6, 6.07) is 81.3. The Hall–Kier alpha value is -7.79. The van der Waals surface area contributed by atoms with Gasteiger partial charge in [-0.15, -0.1) is 0 Å². The van der Waals surface area contributed by atoms with Crippen LogP contribution >= 0.6 is 11.8 Å². The van der Waals surface area contributed by atoms with E-state index in [1.165, 1.54) is 65.0 Å². The van der Waals surface area contributed by atoms with Gasteiger partial charge in [-0.1, -0.05) is 194 Å². The van der Waals surface area contributed by atoms with Crippen LogP contribution in [0.3, 0.4) is 0 Å². The molecule has 1 aliphatic heterocycles. The number of fused-ring (bicyclic) bond motifs is 12. The van der Waals surface area contributed by atoms with Crippen LogP contribution in [0.4, 0.5) is 0 Å². The minimum absolute atomic E-state index is 0.550.